The molecule has 106 valence electrons. The lowest BCUT2D eigenvalue weighted by Crippen LogP contribution is -2.17. The molecule has 1 N–H and O–H groups in total. The van der Waals surface area contributed by atoms with Crippen LogP contribution in [0, 0.1) is 21.7 Å². The first-order valence-corrected chi connectivity index (χ1v) is 5.97. The normalized spacial score (nSPS) is 10.7. The Bertz CT molecular complexity index is 441. The summed E-state index contributed by atoms with van der Waals surface area (Å²) in [5, 5.41) is 13.5. The topological polar surface area (TPSA) is 64.4 Å². The van der Waals surface area contributed by atoms with Crippen LogP contribution >= 0.6 is 0 Å². The smallest absolute Gasteiger partial charge is 0.305 e. The lowest BCUT2D eigenvalue weighted by Gasteiger charge is -2.06. The molecule has 19 heavy (non-hydrogen) atoms. The van der Waals surface area contributed by atoms with Gasteiger partial charge in [-0.05, 0) is 19.9 Å². The van der Waals surface area contributed by atoms with Gasteiger partial charge in [0.25, 0.3) is 0 Å². The first-order valence-electron chi connectivity index (χ1n) is 5.97. The molecule has 0 bridgehead atoms. The lowest BCUT2D eigenvalue weighted by atomic mass is 10.1. The summed E-state index contributed by atoms with van der Waals surface area (Å²) >= 11 is 0. The first-order chi connectivity index (χ1) is 9.06. The Morgan fingerprint density at radius 3 is 2.74 bits per heavy atom. The van der Waals surface area contributed by atoms with E-state index in [9.17, 15) is 18.9 Å². The summed E-state index contributed by atoms with van der Waals surface area (Å²) in [6.07, 6.45) is 0.749. The average Bonchev–Trinajstić information content (AvgIpc) is 2.35. The van der Waals surface area contributed by atoms with Crippen molar-refractivity contribution in [1.82, 2.24) is 5.32 Å². The van der Waals surface area contributed by atoms with Gasteiger partial charge in [-0.3, -0.25) is 10.1 Å². The van der Waals surface area contributed by atoms with Crippen LogP contribution in [0.3, 0.4) is 0 Å². The Balaban J connectivity index is 2.53. The highest BCUT2D eigenvalue weighted by atomic mass is 19.1. The predicted molar refractivity (Wildman–Crippen MR) is 65.8 cm³/mol. The van der Waals surface area contributed by atoms with Crippen LogP contribution in [-0.2, 0) is 11.3 Å². The molecule has 0 atom stereocenters. The van der Waals surface area contributed by atoms with E-state index >= 15 is 0 Å². The molecule has 0 aliphatic rings. The van der Waals surface area contributed by atoms with E-state index in [0.717, 1.165) is 12.5 Å². The molecule has 0 aliphatic carbocycles. The fourth-order valence-corrected chi connectivity index (χ4v) is 1.52. The summed E-state index contributed by atoms with van der Waals surface area (Å²) < 4.78 is 31.6. The zero-order valence-corrected chi connectivity index (χ0v) is 10.6. The molecule has 0 aromatic heterocycles. The van der Waals surface area contributed by atoms with Crippen LogP contribution in [0.1, 0.15) is 18.9 Å². The van der Waals surface area contributed by atoms with Crippen molar-refractivity contribution in [1.29, 1.82) is 0 Å². The molecule has 0 aliphatic heterocycles. The van der Waals surface area contributed by atoms with Crippen LogP contribution in [0.15, 0.2) is 12.1 Å². The monoisotopic (exact) mass is 274 g/mol. The average molecular weight is 274 g/mol. The molecule has 0 heterocycles. The van der Waals surface area contributed by atoms with Crippen LogP contribution < -0.4 is 5.32 Å². The number of nitrogens with zero attached hydrogens (tertiary/aromatic N) is 1. The minimum atomic E-state index is -1.16. The summed E-state index contributed by atoms with van der Waals surface area (Å²) in [5.74, 6) is -1.96. The highest BCUT2D eigenvalue weighted by molar-refractivity contribution is 5.37. The molecular formula is C12H16F2N2O3. The predicted octanol–water partition coefficient (Wildman–Crippen LogP) is 2.39. The van der Waals surface area contributed by atoms with Gasteiger partial charge in [-0.2, -0.15) is 4.39 Å². The van der Waals surface area contributed by atoms with Crippen molar-refractivity contribution in [2.24, 2.45) is 0 Å². The van der Waals surface area contributed by atoms with Crippen molar-refractivity contribution in [3.63, 3.8) is 0 Å². The van der Waals surface area contributed by atoms with Gasteiger partial charge in [0, 0.05) is 37.5 Å². The van der Waals surface area contributed by atoms with Crippen LogP contribution in [0.4, 0.5) is 14.5 Å². The van der Waals surface area contributed by atoms with E-state index in [-0.39, 0.29) is 12.1 Å². The molecule has 0 saturated heterocycles. The zero-order valence-electron chi connectivity index (χ0n) is 10.6. The molecule has 7 heteroatoms. The first kappa shape index (κ1) is 15.5. The molecule has 0 amide bonds. The SMILES string of the molecule is CCOCCCNCc1cc([N+](=O)[O-])c(F)cc1F. The number of nitro benzene ring substituents is 1. The number of hydrogen-bond acceptors (Lipinski definition) is 4. The number of halogens is 2. The Morgan fingerprint density at radius 1 is 1.37 bits per heavy atom. The highest BCUT2D eigenvalue weighted by Gasteiger charge is 2.17. The molecule has 0 fully saturated rings. The third-order valence-corrected chi connectivity index (χ3v) is 2.47. The van der Waals surface area contributed by atoms with E-state index in [1.807, 2.05) is 6.92 Å². The van der Waals surface area contributed by atoms with E-state index in [1.54, 1.807) is 0 Å². The number of hydrogen-bond donors (Lipinski definition) is 1. The third kappa shape index (κ3) is 4.88. The molecule has 0 spiro atoms. The van der Waals surface area contributed by atoms with Crippen LogP contribution in [0.5, 0.6) is 0 Å². The van der Waals surface area contributed by atoms with Gasteiger partial charge in [-0.1, -0.05) is 0 Å². The number of nitrogens with one attached hydrogen (secondary N) is 1. The minimum Gasteiger partial charge on any atom is -0.382 e. The number of benzene rings is 1. The number of nitro groups is 1. The van der Waals surface area contributed by atoms with Crippen molar-refractivity contribution in [3.05, 3.63) is 39.4 Å². The van der Waals surface area contributed by atoms with Crippen molar-refractivity contribution >= 4 is 5.69 Å². The second-order valence-electron chi connectivity index (χ2n) is 3.88. The minimum absolute atomic E-state index is 0.0736. The number of ether oxygens (including phenoxy) is 1. The molecule has 1 aromatic carbocycles. The summed E-state index contributed by atoms with van der Waals surface area (Å²) in [5.41, 5.74) is -0.642. The van der Waals surface area contributed by atoms with Gasteiger partial charge >= 0.3 is 5.69 Å². The van der Waals surface area contributed by atoms with Crippen LogP contribution in [-0.4, -0.2) is 24.7 Å². The molecule has 5 nitrogen and oxygen atoms in total. The fourth-order valence-electron chi connectivity index (χ4n) is 1.52. The van der Waals surface area contributed by atoms with Crippen molar-refractivity contribution in [3.8, 4) is 0 Å². The van der Waals surface area contributed by atoms with Gasteiger partial charge in [0.15, 0.2) is 0 Å². The highest BCUT2D eigenvalue weighted by Crippen LogP contribution is 2.21. The summed E-state index contributed by atoms with van der Waals surface area (Å²) in [6.45, 7) is 3.82. The lowest BCUT2D eigenvalue weighted by molar-refractivity contribution is -0.387. The van der Waals surface area contributed by atoms with E-state index in [0.29, 0.717) is 25.8 Å². The summed E-state index contributed by atoms with van der Waals surface area (Å²) in [6, 6.07) is 1.45. The van der Waals surface area contributed by atoms with Gasteiger partial charge in [0.05, 0.1) is 4.92 Å². The fraction of sp³-hybridized carbons (Fsp3) is 0.500. The maximum atomic E-state index is 13.4. The molecule has 1 aromatic rings. The molecule has 0 unspecified atom stereocenters. The van der Waals surface area contributed by atoms with Crippen molar-refractivity contribution in [2.75, 3.05) is 19.8 Å². The van der Waals surface area contributed by atoms with Gasteiger partial charge in [0.2, 0.25) is 5.82 Å². The van der Waals surface area contributed by atoms with Crippen LogP contribution in [0.25, 0.3) is 0 Å². The summed E-state index contributed by atoms with van der Waals surface area (Å²) in [7, 11) is 0. The Labute approximate surface area is 109 Å². The van der Waals surface area contributed by atoms with Gasteiger partial charge in [0.1, 0.15) is 5.82 Å². The van der Waals surface area contributed by atoms with Crippen molar-refractivity contribution < 1.29 is 18.4 Å². The Morgan fingerprint density at radius 2 is 2.11 bits per heavy atom. The maximum absolute atomic E-state index is 13.4. The third-order valence-electron chi connectivity index (χ3n) is 2.47. The number of rotatable bonds is 8. The molecule has 0 saturated carbocycles. The standard InChI is InChI=1S/C12H16F2N2O3/c1-2-19-5-3-4-15-8-9-6-12(16(17)18)11(14)7-10(9)13/h6-7,15H,2-5,8H2,1H3. The largest absolute Gasteiger partial charge is 0.382 e. The molecule has 1 rings (SSSR count). The molecular weight excluding hydrogens is 258 g/mol. The van der Waals surface area contributed by atoms with Gasteiger partial charge < -0.3 is 10.1 Å². The second-order valence-corrected chi connectivity index (χ2v) is 3.88. The van der Waals surface area contributed by atoms with Crippen molar-refractivity contribution in [2.45, 2.75) is 19.9 Å². The molecule has 0 radical (unpaired) electrons. The zero-order chi connectivity index (χ0) is 14.3. The Kier molecular flexibility index (Phi) is 6.31. The van der Waals surface area contributed by atoms with E-state index in [2.05, 4.69) is 5.32 Å². The van der Waals surface area contributed by atoms with Gasteiger partial charge in [-0.15, -0.1) is 0 Å². The second kappa shape index (κ2) is 7.75. The van der Waals surface area contributed by atoms with Crippen LogP contribution in [0.2, 0.25) is 0 Å². The van der Waals surface area contributed by atoms with E-state index < -0.39 is 22.2 Å². The summed E-state index contributed by atoms with van der Waals surface area (Å²) in [4.78, 5) is 9.67. The quantitative estimate of drug-likeness (QED) is 0.449. The Hall–Kier alpha value is -1.60. The van der Waals surface area contributed by atoms with E-state index in [1.165, 1.54) is 0 Å². The van der Waals surface area contributed by atoms with Gasteiger partial charge in [-0.25, -0.2) is 4.39 Å². The van der Waals surface area contributed by atoms with E-state index in [4.69, 9.17) is 4.74 Å². The maximum Gasteiger partial charge on any atom is 0.305 e.